The average molecular weight is 312 g/mol. The van der Waals surface area contributed by atoms with Crippen LogP contribution in [-0.2, 0) is 29.2 Å². The van der Waals surface area contributed by atoms with Crippen molar-refractivity contribution in [1.29, 1.82) is 0 Å². The number of sulfone groups is 2. The molecule has 19 heavy (non-hydrogen) atoms. The van der Waals surface area contributed by atoms with Crippen LogP contribution in [0, 0.1) is 0 Å². The molecule has 0 aliphatic carbocycles. The van der Waals surface area contributed by atoms with Gasteiger partial charge in [-0.2, -0.15) is 0 Å². The molecule has 0 bridgehead atoms. The van der Waals surface area contributed by atoms with E-state index >= 15 is 0 Å². The fourth-order valence-corrected chi connectivity index (χ4v) is 5.21. The molecule has 8 heteroatoms. The fourth-order valence-electron chi connectivity index (χ4n) is 1.58. The van der Waals surface area contributed by atoms with Crippen molar-refractivity contribution < 1.29 is 26.4 Å². The van der Waals surface area contributed by atoms with Crippen LogP contribution in [-0.4, -0.2) is 45.5 Å². The summed E-state index contributed by atoms with van der Waals surface area (Å²) in [5.41, 5.74) is -0.959. The Kier molecular flexibility index (Phi) is 5.76. The van der Waals surface area contributed by atoms with Gasteiger partial charge >= 0.3 is 5.97 Å². The van der Waals surface area contributed by atoms with E-state index in [9.17, 15) is 21.6 Å². The fraction of sp³-hybridized carbons (Fsp3) is 0.727. The summed E-state index contributed by atoms with van der Waals surface area (Å²) in [6.07, 6.45) is 2.72. The molecule has 6 nitrogen and oxygen atoms in total. The van der Waals surface area contributed by atoms with Crippen LogP contribution in [0.4, 0.5) is 0 Å². The molecule has 0 N–H and O–H groups in total. The van der Waals surface area contributed by atoms with Crippen LogP contribution in [0.5, 0.6) is 0 Å². The third kappa shape index (κ3) is 6.72. The number of esters is 1. The van der Waals surface area contributed by atoms with E-state index in [1.165, 1.54) is 0 Å². The molecular formula is C11H20O6S2. The van der Waals surface area contributed by atoms with Gasteiger partial charge in [0.2, 0.25) is 0 Å². The predicted molar refractivity (Wildman–Crippen MR) is 73.1 cm³/mol. The zero-order valence-corrected chi connectivity index (χ0v) is 13.2. The van der Waals surface area contributed by atoms with Crippen molar-refractivity contribution in [3.8, 4) is 0 Å². The molecule has 112 valence electrons. The molecule has 0 radical (unpaired) electrons. The first-order valence-electron chi connectivity index (χ1n) is 5.53. The van der Waals surface area contributed by atoms with Gasteiger partial charge in [0.1, 0.15) is 5.60 Å². The number of rotatable bonds is 7. The van der Waals surface area contributed by atoms with E-state index in [4.69, 9.17) is 4.74 Å². The van der Waals surface area contributed by atoms with E-state index in [1.807, 2.05) is 0 Å². The Morgan fingerprint density at radius 1 is 1.21 bits per heavy atom. The van der Waals surface area contributed by atoms with Crippen molar-refractivity contribution in [3.05, 3.63) is 12.7 Å². The Bertz CT molecular complexity index is 510. The topological polar surface area (TPSA) is 94.6 Å². The molecular weight excluding hydrogens is 292 g/mol. The van der Waals surface area contributed by atoms with Gasteiger partial charge in [0.15, 0.2) is 24.3 Å². The summed E-state index contributed by atoms with van der Waals surface area (Å²) in [6.45, 7) is 6.41. The van der Waals surface area contributed by atoms with Crippen molar-refractivity contribution in [3.63, 3.8) is 0 Å². The van der Waals surface area contributed by atoms with Gasteiger partial charge in [-0.25, -0.2) is 21.6 Å². The summed E-state index contributed by atoms with van der Waals surface area (Å²) < 4.78 is 49.4. The monoisotopic (exact) mass is 312 g/mol. The van der Waals surface area contributed by atoms with Gasteiger partial charge in [-0.1, -0.05) is 6.58 Å². The SMILES string of the molecule is C=CC(=O)OC(C)(C)CCC(S(C)(=O)=O)S(C)(=O)=O. The summed E-state index contributed by atoms with van der Waals surface area (Å²) in [5.74, 6) is -0.639. The maximum Gasteiger partial charge on any atom is 0.330 e. The van der Waals surface area contributed by atoms with E-state index in [1.54, 1.807) is 13.8 Å². The van der Waals surface area contributed by atoms with Gasteiger partial charge in [-0.3, -0.25) is 0 Å². The van der Waals surface area contributed by atoms with E-state index in [0.29, 0.717) is 0 Å². The van der Waals surface area contributed by atoms with E-state index < -0.39 is 35.8 Å². The van der Waals surface area contributed by atoms with Gasteiger partial charge in [0.05, 0.1) is 0 Å². The lowest BCUT2D eigenvalue weighted by Crippen LogP contribution is -2.34. The maximum atomic E-state index is 11.5. The van der Waals surface area contributed by atoms with Crippen LogP contribution in [0.2, 0.25) is 0 Å². The zero-order chi connectivity index (χ0) is 15.5. The van der Waals surface area contributed by atoms with Crippen molar-refractivity contribution in [1.82, 2.24) is 0 Å². The van der Waals surface area contributed by atoms with Crippen molar-refractivity contribution >= 4 is 25.6 Å². The lowest BCUT2D eigenvalue weighted by Gasteiger charge is -2.26. The highest BCUT2D eigenvalue weighted by molar-refractivity contribution is 8.08. The molecule has 0 unspecified atom stereocenters. The maximum absolute atomic E-state index is 11.5. The quantitative estimate of drug-likeness (QED) is 0.507. The number of hydrogen-bond acceptors (Lipinski definition) is 6. The lowest BCUT2D eigenvalue weighted by molar-refractivity contribution is -0.150. The Morgan fingerprint density at radius 3 is 1.95 bits per heavy atom. The molecule has 0 atom stereocenters. The highest BCUT2D eigenvalue weighted by Gasteiger charge is 2.34. The molecule has 0 rings (SSSR count). The molecule has 0 aliphatic rings. The smallest absolute Gasteiger partial charge is 0.330 e. The number of ether oxygens (including phenoxy) is 1. The molecule has 0 aromatic heterocycles. The zero-order valence-electron chi connectivity index (χ0n) is 11.5. The molecule has 0 fully saturated rings. The third-order valence-electron chi connectivity index (χ3n) is 2.48. The minimum atomic E-state index is -3.73. The van der Waals surface area contributed by atoms with Crippen molar-refractivity contribution in [2.75, 3.05) is 12.5 Å². The number of carbonyl (C=O) groups is 1. The van der Waals surface area contributed by atoms with Crippen molar-refractivity contribution in [2.24, 2.45) is 0 Å². The summed E-state index contributed by atoms with van der Waals surface area (Å²) in [6, 6.07) is 0. The van der Waals surface area contributed by atoms with Crippen LogP contribution in [0.25, 0.3) is 0 Å². The second-order valence-corrected chi connectivity index (χ2v) is 9.77. The molecule has 0 saturated heterocycles. The third-order valence-corrected chi connectivity index (χ3v) is 6.96. The number of hydrogen-bond donors (Lipinski definition) is 0. The predicted octanol–water partition coefficient (Wildman–Crippen LogP) is 0.690. The largest absolute Gasteiger partial charge is 0.457 e. The first-order valence-corrected chi connectivity index (χ1v) is 9.43. The van der Waals surface area contributed by atoms with E-state index in [0.717, 1.165) is 18.6 Å². The lowest BCUT2D eigenvalue weighted by atomic mass is 10.0. The van der Waals surface area contributed by atoms with E-state index in [2.05, 4.69) is 6.58 Å². The minimum Gasteiger partial charge on any atom is -0.457 e. The van der Waals surface area contributed by atoms with Gasteiger partial charge in [-0.15, -0.1) is 0 Å². The highest BCUT2D eigenvalue weighted by Crippen LogP contribution is 2.23. The van der Waals surface area contributed by atoms with E-state index in [-0.39, 0.29) is 12.8 Å². The molecule has 0 heterocycles. The van der Waals surface area contributed by atoms with Crippen LogP contribution in [0.15, 0.2) is 12.7 Å². The van der Waals surface area contributed by atoms with Crippen LogP contribution >= 0.6 is 0 Å². The van der Waals surface area contributed by atoms with Gasteiger partial charge in [0, 0.05) is 18.6 Å². The Morgan fingerprint density at radius 2 is 1.63 bits per heavy atom. The standard InChI is InChI=1S/C11H20O6S2/c1-6-9(12)17-11(2,3)8-7-10(18(4,13)14)19(5,15)16/h6,10H,1,7-8H2,2-5H3. The summed E-state index contributed by atoms with van der Waals surface area (Å²) in [7, 11) is -7.46. The molecule has 0 aromatic carbocycles. The Hall–Kier alpha value is -0.890. The summed E-state index contributed by atoms with van der Waals surface area (Å²) in [5, 5.41) is 0. The molecule has 0 aliphatic heterocycles. The first kappa shape index (κ1) is 18.1. The molecule has 0 amide bonds. The normalized spacial score (nSPS) is 13.3. The summed E-state index contributed by atoms with van der Waals surface area (Å²) in [4.78, 5) is 11.1. The Labute approximate surface area is 114 Å². The summed E-state index contributed by atoms with van der Waals surface area (Å²) >= 11 is 0. The number of carbonyl (C=O) groups excluding carboxylic acids is 1. The van der Waals surface area contributed by atoms with Gasteiger partial charge < -0.3 is 4.74 Å². The Balaban J connectivity index is 4.94. The van der Waals surface area contributed by atoms with Crippen LogP contribution in [0.3, 0.4) is 0 Å². The second kappa shape index (κ2) is 6.04. The first-order chi connectivity index (χ1) is 8.29. The van der Waals surface area contributed by atoms with Gasteiger partial charge in [-0.05, 0) is 26.7 Å². The van der Waals surface area contributed by atoms with Crippen LogP contribution < -0.4 is 0 Å². The second-order valence-electron chi connectivity index (χ2n) is 5.01. The minimum absolute atomic E-state index is 0.109. The van der Waals surface area contributed by atoms with Gasteiger partial charge in [0.25, 0.3) is 0 Å². The highest BCUT2D eigenvalue weighted by atomic mass is 32.3. The average Bonchev–Trinajstić information content (AvgIpc) is 2.11. The van der Waals surface area contributed by atoms with Crippen molar-refractivity contribution in [2.45, 2.75) is 36.9 Å². The molecule has 0 spiro atoms. The molecule has 0 saturated carbocycles. The van der Waals surface area contributed by atoms with Crippen LogP contribution in [0.1, 0.15) is 26.7 Å². The molecule has 0 aromatic rings.